The predicted octanol–water partition coefficient (Wildman–Crippen LogP) is 2.96. The van der Waals surface area contributed by atoms with Gasteiger partial charge in [-0.3, -0.25) is 9.78 Å². The molecule has 3 atom stereocenters. The summed E-state index contributed by atoms with van der Waals surface area (Å²) >= 11 is 0. The first-order valence-electron chi connectivity index (χ1n) is 11.7. The van der Waals surface area contributed by atoms with Crippen molar-refractivity contribution >= 4 is 5.91 Å². The molecule has 0 spiro atoms. The van der Waals surface area contributed by atoms with Crippen molar-refractivity contribution in [1.82, 2.24) is 20.1 Å². The van der Waals surface area contributed by atoms with Crippen molar-refractivity contribution in [2.75, 3.05) is 46.4 Å². The van der Waals surface area contributed by atoms with E-state index >= 15 is 0 Å². The Morgan fingerprint density at radius 1 is 1.33 bits per heavy atom. The van der Waals surface area contributed by atoms with Crippen LogP contribution in [0.3, 0.4) is 0 Å². The molecule has 6 nitrogen and oxygen atoms in total. The second kappa shape index (κ2) is 11.1. The number of amides is 1. The molecule has 2 aliphatic rings. The quantitative estimate of drug-likeness (QED) is 0.671. The molecule has 1 N–H and O–H groups in total. The molecule has 3 heterocycles. The molecule has 3 rings (SSSR count). The zero-order valence-corrected chi connectivity index (χ0v) is 19.3. The molecule has 6 heteroatoms. The van der Waals surface area contributed by atoms with Crippen molar-refractivity contribution in [3.05, 3.63) is 24.0 Å². The minimum atomic E-state index is 0.0450. The number of carbonyl (C=O) groups excluding carboxylic acids is 1. The topological polar surface area (TPSA) is 57.7 Å². The predicted molar refractivity (Wildman–Crippen MR) is 121 cm³/mol. The van der Waals surface area contributed by atoms with Crippen LogP contribution < -0.4 is 10.1 Å². The monoisotopic (exact) mass is 416 g/mol. The number of carbonyl (C=O) groups is 1. The van der Waals surface area contributed by atoms with Crippen molar-refractivity contribution in [3.63, 3.8) is 0 Å². The van der Waals surface area contributed by atoms with Crippen molar-refractivity contribution in [3.8, 4) is 5.75 Å². The zero-order chi connectivity index (χ0) is 21.5. The molecule has 1 aromatic heterocycles. The molecule has 2 saturated heterocycles. The number of likely N-dealkylation sites (tertiary alicyclic amines) is 2. The van der Waals surface area contributed by atoms with Gasteiger partial charge in [0.1, 0.15) is 5.75 Å². The summed E-state index contributed by atoms with van der Waals surface area (Å²) in [4.78, 5) is 22.1. The summed E-state index contributed by atoms with van der Waals surface area (Å²) < 4.78 is 6.02. The van der Waals surface area contributed by atoms with E-state index in [0.717, 1.165) is 50.5 Å². The van der Waals surface area contributed by atoms with Gasteiger partial charge in [0.25, 0.3) is 0 Å². The number of ether oxygens (including phenoxy) is 1. The Morgan fingerprint density at radius 3 is 2.83 bits per heavy atom. The number of hydrogen-bond donors (Lipinski definition) is 1. The highest BCUT2D eigenvalue weighted by Crippen LogP contribution is 2.24. The molecule has 0 aromatic carbocycles. The van der Waals surface area contributed by atoms with Gasteiger partial charge >= 0.3 is 0 Å². The number of hydrogen-bond acceptors (Lipinski definition) is 5. The Hall–Kier alpha value is -1.66. The normalized spacial score (nSPS) is 25.6. The summed E-state index contributed by atoms with van der Waals surface area (Å²) in [7, 11) is 2.19. The molecule has 2 aliphatic heterocycles. The SMILES string of the molecule is Cc1ccc(OC[C@H]2C[C@@H](C(=O)NCC[C@@H]3CCCN3C)CN(CC(C)C)C2)cn1. The lowest BCUT2D eigenvalue weighted by Gasteiger charge is -2.38. The van der Waals surface area contributed by atoms with Crippen LogP contribution >= 0.6 is 0 Å². The van der Waals surface area contributed by atoms with Crippen LogP contribution in [0, 0.1) is 24.7 Å². The molecule has 1 amide bonds. The number of nitrogens with one attached hydrogen (secondary N) is 1. The van der Waals surface area contributed by atoms with Crippen LogP contribution in [0.5, 0.6) is 5.75 Å². The van der Waals surface area contributed by atoms with Crippen LogP contribution in [0.25, 0.3) is 0 Å². The first-order valence-corrected chi connectivity index (χ1v) is 11.7. The van der Waals surface area contributed by atoms with Crippen LogP contribution in [0.4, 0.5) is 0 Å². The van der Waals surface area contributed by atoms with Gasteiger partial charge in [-0.1, -0.05) is 13.8 Å². The fourth-order valence-corrected chi connectivity index (χ4v) is 4.88. The van der Waals surface area contributed by atoms with E-state index in [1.165, 1.54) is 19.4 Å². The van der Waals surface area contributed by atoms with Gasteiger partial charge in [-0.25, -0.2) is 0 Å². The van der Waals surface area contributed by atoms with Crippen LogP contribution in [0.15, 0.2) is 18.3 Å². The summed E-state index contributed by atoms with van der Waals surface area (Å²) in [5, 5.41) is 3.23. The number of rotatable bonds is 9. The van der Waals surface area contributed by atoms with Crippen LogP contribution in [0.2, 0.25) is 0 Å². The maximum atomic E-state index is 12.9. The summed E-state index contributed by atoms with van der Waals surface area (Å²) in [6.07, 6.45) is 6.26. The highest BCUT2D eigenvalue weighted by atomic mass is 16.5. The van der Waals surface area contributed by atoms with Crippen molar-refractivity contribution in [1.29, 1.82) is 0 Å². The smallest absolute Gasteiger partial charge is 0.224 e. The van der Waals surface area contributed by atoms with Gasteiger partial charge < -0.3 is 19.9 Å². The van der Waals surface area contributed by atoms with E-state index in [1.807, 2.05) is 19.1 Å². The molecule has 0 aliphatic carbocycles. The molecule has 30 heavy (non-hydrogen) atoms. The van der Waals surface area contributed by atoms with Gasteiger partial charge in [-0.2, -0.15) is 0 Å². The van der Waals surface area contributed by atoms with Gasteiger partial charge in [0.15, 0.2) is 0 Å². The maximum Gasteiger partial charge on any atom is 0.224 e. The average Bonchev–Trinajstić information content (AvgIpc) is 3.11. The minimum absolute atomic E-state index is 0.0450. The first kappa shape index (κ1) is 23.0. The molecule has 168 valence electrons. The molecule has 1 aromatic rings. The van der Waals surface area contributed by atoms with E-state index in [4.69, 9.17) is 4.74 Å². The van der Waals surface area contributed by atoms with Crippen LogP contribution in [0.1, 0.15) is 45.2 Å². The Balaban J connectivity index is 1.51. The number of nitrogens with zero attached hydrogens (tertiary/aromatic N) is 3. The Morgan fingerprint density at radius 2 is 2.17 bits per heavy atom. The lowest BCUT2D eigenvalue weighted by molar-refractivity contribution is -0.127. The molecular formula is C24H40N4O2. The molecule has 0 unspecified atom stereocenters. The zero-order valence-electron chi connectivity index (χ0n) is 19.3. The average molecular weight is 417 g/mol. The number of aryl methyl sites for hydroxylation is 1. The highest BCUT2D eigenvalue weighted by molar-refractivity contribution is 5.79. The maximum absolute atomic E-state index is 12.9. The van der Waals surface area contributed by atoms with Crippen molar-refractivity contribution in [2.24, 2.45) is 17.8 Å². The minimum Gasteiger partial charge on any atom is -0.492 e. The van der Waals surface area contributed by atoms with Crippen molar-refractivity contribution in [2.45, 2.75) is 52.5 Å². The van der Waals surface area contributed by atoms with Crippen molar-refractivity contribution < 1.29 is 9.53 Å². The number of piperidine rings is 1. The lowest BCUT2D eigenvalue weighted by atomic mass is 9.88. The molecule has 0 bridgehead atoms. The van der Waals surface area contributed by atoms with E-state index in [1.54, 1.807) is 6.20 Å². The van der Waals surface area contributed by atoms with Gasteiger partial charge in [0.2, 0.25) is 5.91 Å². The van der Waals surface area contributed by atoms with E-state index in [2.05, 4.69) is 41.0 Å². The third kappa shape index (κ3) is 6.95. The standard InChI is InChI=1S/C24H40N4O2/c1-18(2)14-28-15-20(17-30-23-8-7-19(3)26-13-23)12-21(16-28)24(29)25-10-9-22-6-5-11-27(22)4/h7-8,13,18,20-22H,5-6,9-12,14-17H2,1-4H3,(H,25,29)/t20-,21+,22-/m0/s1. The summed E-state index contributed by atoms with van der Waals surface area (Å²) in [6, 6.07) is 4.57. The fourth-order valence-electron chi connectivity index (χ4n) is 4.88. The van der Waals surface area contributed by atoms with Crippen LogP contribution in [-0.2, 0) is 4.79 Å². The molecule has 0 saturated carbocycles. The highest BCUT2D eigenvalue weighted by Gasteiger charge is 2.32. The van der Waals surface area contributed by atoms with Gasteiger partial charge in [0, 0.05) is 43.8 Å². The third-order valence-corrected chi connectivity index (χ3v) is 6.43. The van der Waals surface area contributed by atoms with E-state index in [0.29, 0.717) is 24.5 Å². The first-order chi connectivity index (χ1) is 14.4. The number of aromatic nitrogens is 1. The molecular weight excluding hydrogens is 376 g/mol. The summed E-state index contributed by atoms with van der Waals surface area (Å²) in [5.41, 5.74) is 0.989. The van der Waals surface area contributed by atoms with Gasteiger partial charge in [-0.15, -0.1) is 0 Å². The Labute approximate surface area is 182 Å². The van der Waals surface area contributed by atoms with Gasteiger partial charge in [-0.05, 0) is 64.3 Å². The second-order valence-electron chi connectivity index (χ2n) is 9.71. The number of pyridine rings is 1. The Bertz CT molecular complexity index is 664. The molecule has 2 fully saturated rings. The van der Waals surface area contributed by atoms with E-state index in [-0.39, 0.29) is 11.8 Å². The van der Waals surface area contributed by atoms with E-state index < -0.39 is 0 Å². The van der Waals surface area contributed by atoms with Gasteiger partial charge in [0.05, 0.1) is 18.7 Å². The third-order valence-electron chi connectivity index (χ3n) is 6.43. The summed E-state index contributed by atoms with van der Waals surface area (Å²) in [6.45, 7) is 11.9. The summed E-state index contributed by atoms with van der Waals surface area (Å²) in [5.74, 6) is 2.01. The second-order valence-corrected chi connectivity index (χ2v) is 9.71. The van der Waals surface area contributed by atoms with E-state index in [9.17, 15) is 4.79 Å². The fraction of sp³-hybridized carbons (Fsp3) is 0.750. The lowest BCUT2D eigenvalue weighted by Crippen LogP contribution is -2.49. The Kier molecular flexibility index (Phi) is 8.51. The largest absolute Gasteiger partial charge is 0.492 e. The van der Waals surface area contributed by atoms with Crippen LogP contribution in [-0.4, -0.2) is 73.1 Å². The molecule has 0 radical (unpaired) electrons.